The monoisotopic (exact) mass is 290 g/mol. The molecular formula is C16H22N2O3. The third-order valence-electron chi connectivity index (χ3n) is 4.22. The second-order valence-corrected chi connectivity index (χ2v) is 5.68. The molecule has 5 nitrogen and oxygen atoms in total. The number of carbonyl (C=O) groups excluding carboxylic acids is 1. The van der Waals surface area contributed by atoms with Crippen molar-refractivity contribution in [3.8, 4) is 0 Å². The standard InChI is InChI=1S/C16H22N2O3/c1-17-9-7-13(8-10-17)18(2)15(19)11-12-5-3-4-6-14(12)16(20)21/h3-6,13H,7-11H2,1-2H3,(H,20,21). The first-order chi connectivity index (χ1) is 9.99. The molecule has 0 bridgehead atoms. The molecule has 1 aromatic rings. The summed E-state index contributed by atoms with van der Waals surface area (Å²) in [7, 11) is 3.91. The number of aromatic carboxylic acids is 1. The Balaban J connectivity index is 2.03. The van der Waals surface area contributed by atoms with Gasteiger partial charge in [-0.2, -0.15) is 0 Å². The van der Waals surface area contributed by atoms with E-state index in [1.165, 1.54) is 0 Å². The summed E-state index contributed by atoms with van der Waals surface area (Å²) in [6.07, 6.45) is 2.09. The molecule has 1 saturated heterocycles. The van der Waals surface area contributed by atoms with Crippen molar-refractivity contribution < 1.29 is 14.7 Å². The van der Waals surface area contributed by atoms with Crippen LogP contribution in [0.2, 0.25) is 0 Å². The fraction of sp³-hybridized carbons (Fsp3) is 0.500. The first kappa shape index (κ1) is 15.5. The highest BCUT2D eigenvalue weighted by Crippen LogP contribution is 2.17. The summed E-state index contributed by atoms with van der Waals surface area (Å²) in [6, 6.07) is 6.96. The average Bonchev–Trinajstić information content (AvgIpc) is 2.47. The van der Waals surface area contributed by atoms with E-state index in [2.05, 4.69) is 11.9 Å². The second-order valence-electron chi connectivity index (χ2n) is 5.68. The molecule has 1 amide bonds. The zero-order chi connectivity index (χ0) is 15.4. The highest BCUT2D eigenvalue weighted by molar-refractivity contribution is 5.91. The van der Waals surface area contributed by atoms with Crippen molar-refractivity contribution in [2.45, 2.75) is 25.3 Å². The van der Waals surface area contributed by atoms with Gasteiger partial charge in [0.05, 0.1) is 12.0 Å². The van der Waals surface area contributed by atoms with Crippen molar-refractivity contribution in [3.63, 3.8) is 0 Å². The molecule has 0 aromatic heterocycles. The highest BCUT2D eigenvalue weighted by atomic mass is 16.4. The Kier molecular flexibility index (Phi) is 4.96. The molecule has 0 saturated carbocycles. The number of likely N-dealkylation sites (N-methyl/N-ethyl adjacent to an activating group) is 1. The molecule has 1 heterocycles. The van der Waals surface area contributed by atoms with Gasteiger partial charge in [0.25, 0.3) is 0 Å². The number of hydrogen-bond acceptors (Lipinski definition) is 3. The van der Waals surface area contributed by atoms with E-state index < -0.39 is 5.97 Å². The minimum absolute atomic E-state index is 0.0155. The van der Waals surface area contributed by atoms with E-state index in [1.54, 1.807) is 29.2 Å². The van der Waals surface area contributed by atoms with Crippen LogP contribution in [0.4, 0.5) is 0 Å². The van der Waals surface area contributed by atoms with Crippen LogP contribution in [0.15, 0.2) is 24.3 Å². The molecule has 2 rings (SSSR count). The van der Waals surface area contributed by atoms with Crippen LogP contribution in [0, 0.1) is 0 Å². The van der Waals surface area contributed by atoms with Gasteiger partial charge in [0.2, 0.25) is 5.91 Å². The fourth-order valence-electron chi connectivity index (χ4n) is 2.76. The molecule has 0 radical (unpaired) electrons. The number of nitrogens with zero attached hydrogens (tertiary/aromatic N) is 2. The van der Waals surface area contributed by atoms with Crippen molar-refractivity contribution in [1.82, 2.24) is 9.80 Å². The molecule has 1 fully saturated rings. The maximum Gasteiger partial charge on any atom is 0.335 e. The largest absolute Gasteiger partial charge is 0.478 e. The van der Waals surface area contributed by atoms with E-state index >= 15 is 0 Å². The summed E-state index contributed by atoms with van der Waals surface area (Å²) in [4.78, 5) is 27.6. The average molecular weight is 290 g/mol. The van der Waals surface area contributed by atoms with Crippen LogP contribution >= 0.6 is 0 Å². The van der Waals surface area contributed by atoms with E-state index in [-0.39, 0.29) is 23.9 Å². The van der Waals surface area contributed by atoms with E-state index in [0.717, 1.165) is 25.9 Å². The predicted molar refractivity (Wildman–Crippen MR) is 80.4 cm³/mol. The second kappa shape index (κ2) is 6.72. The van der Waals surface area contributed by atoms with Crippen LogP contribution in [0.3, 0.4) is 0 Å². The number of amides is 1. The number of likely N-dealkylation sites (tertiary alicyclic amines) is 1. The van der Waals surface area contributed by atoms with Gasteiger partial charge < -0.3 is 14.9 Å². The number of rotatable bonds is 4. The third kappa shape index (κ3) is 3.82. The maximum atomic E-state index is 12.4. The predicted octanol–water partition coefficient (Wildman–Crippen LogP) is 1.48. The van der Waals surface area contributed by atoms with Crippen LogP contribution in [-0.4, -0.2) is 60.0 Å². The van der Waals surface area contributed by atoms with Crippen LogP contribution in [-0.2, 0) is 11.2 Å². The van der Waals surface area contributed by atoms with Gasteiger partial charge >= 0.3 is 5.97 Å². The van der Waals surface area contributed by atoms with Crippen molar-refractivity contribution >= 4 is 11.9 Å². The fourth-order valence-corrected chi connectivity index (χ4v) is 2.76. The summed E-state index contributed by atoms with van der Waals surface area (Å²) in [5.41, 5.74) is 0.789. The van der Waals surface area contributed by atoms with E-state index in [1.807, 2.05) is 7.05 Å². The van der Waals surface area contributed by atoms with Crippen molar-refractivity contribution in [3.05, 3.63) is 35.4 Å². The molecule has 1 aliphatic rings. The van der Waals surface area contributed by atoms with Crippen molar-refractivity contribution in [1.29, 1.82) is 0 Å². The summed E-state index contributed by atoms with van der Waals surface area (Å²) >= 11 is 0. The van der Waals surface area contributed by atoms with E-state index in [4.69, 9.17) is 5.11 Å². The lowest BCUT2D eigenvalue weighted by molar-refractivity contribution is -0.132. The molecule has 0 atom stereocenters. The lowest BCUT2D eigenvalue weighted by Gasteiger charge is -2.35. The van der Waals surface area contributed by atoms with Gasteiger partial charge in [-0.1, -0.05) is 18.2 Å². The molecule has 1 N–H and O–H groups in total. The molecule has 114 valence electrons. The summed E-state index contributed by atoms with van der Waals surface area (Å²) in [5, 5.41) is 9.16. The Bertz CT molecular complexity index is 522. The van der Waals surface area contributed by atoms with Gasteiger partial charge in [0, 0.05) is 13.1 Å². The lowest BCUT2D eigenvalue weighted by Crippen LogP contribution is -2.45. The number of carboxylic acid groups (broad SMARTS) is 1. The summed E-state index contributed by atoms with van der Waals surface area (Å²) in [5.74, 6) is -1.00. The molecule has 5 heteroatoms. The van der Waals surface area contributed by atoms with Gasteiger partial charge in [-0.05, 0) is 44.6 Å². The number of hydrogen-bond donors (Lipinski definition) is 1. The zero-order valence-corrected chi connectivity index (χ0v) is 12.6. The Hall–Kier alpha value is -1.88. The van der Waals surface area contributed by atoms with Crippen molar-refractivity contribution in [2.24, 2.45) is 0 Å². The zero-order valence-electron chi connectivity index (χ0n) is 12.6. The van der Waals surface area contributed by atoms with Gasteiger partial charge in [0.1, 0.15) is 0 Å². The number of piperidine rings is 1. The smallest absolute Gasteiger partial charge is 0.335 e. The minimum atomic E-state index is -0.986. The molecule has 1 aromatic carbocycles. The van der Waals surface area contributed by atoms with Crippen LogP contribution in [0.1, 0.15) is 28.8 Å². The Labute approximate surface area is 125 Å². The number of carboxylic acids is 1. The molecular weight excluding hydrogens is 268 g/mol. The molecule has 1 aliphatic heterocycles. The van der Waals surface area contributed by atoms with Crippen LogP contribution in [0.25, 0.3) is 0 Å². The Morgan fingerprint density at radius 1 is 1.29 bits per heavy atom. The molecule has 0 unspecified atom stereocenters. The molecule has 0 spiro atoms. The Morgan fingerprint density at radius 2 is 1.90 bits per heavy atom. The third-order valence-corrected chi connectivity index (χ3v) is 4.22. The van der Waals surface area contributed by atoms with Gasteiger partial charge in [-0.3, -0.25) is 4.79 Å². The minimum Gasteiger partial charge on any atom is -0.478 e. The Morgan fingerprint density at radius 3 is 2.52 bits per heavy atom. The van der Waals surface area contributed by atoms with Gasteiger partial charge in [0.15, 0.2) is 0 Å². The first-order valence-electron chi connectivity index (χ1n) is 7.24. The van der Waals surface area contributed by atoms with Gasteiger partial charge in [-0.25, -0.2) is 4.79 Å². The SMILES string of the molecule is CN1CCC(N(C)C(=O)Cc2ccccc2C(=O)O)CC1. The summed E-state index contributed by atoms with van der Waals surface area (Å²) in [6.45, 7) is 1.99. The number of carbonyl (C=O) groups is 2. The van der Waals surface area contributed by atoms with Crippen molar-refractivity contribution in [2.75, 3.05) is 27.2 Å². The number of benzene rings is 1. The maximum absolute atomic E-state index is 12.4. The van der Waals surface area contributed by atoms with Crippen LogP contribution in [0.5, 0.6) is 0 Å². The topological polar surface area (TPSA) is 60.9 Å². The van der Waals surface area contributed by atoms with E-state index in [0.29, 0.717) is 5.56 Å². The quantitative estimate of drug-likeness (QED) is 0.912. The molecule has 0 aliphatic carbocycles. The highest BCUT2D eigenvalue weighted by Gasteiger charge is 2.24. The van der Waals surface area contributed by atoms with Crippen LogP contribution < -0.4 is 0 Å². The first-order valence-corrected chi connectivity index (χ1v) is 7.24. The molecule has 21 heavy (non-hydrogen) atoms. The lowest BCUT2D eigenvalue weighted by atomic mass is 10.0. The normalized spacial score (nSPS) is 16.7. The van der Waals surface area contributed by atoms with Gasteiger partial charge in [-0.15, -0.1) is 0 Å². The van der Waals surface area contributed by atoms with E-state index in [9.17, 15) is 9.59 Å². The summed E-state index contributed by atoms with van der Waals surface area (Å²) < 4.78 is 0.